The minimum atomic E-state index is -0.177. The van der Waals surface area contributed by atoms with Crippen molar-refractivity contribution in [1.29, 1.82) is 0 Å². The molecule has 1 aliphatic rings. The summed E-state index contributed by atoms with van der Waals surface area (Å²) in [6.45, 7) is 5.25. The molecule has 1 aliphatic heterocycles. The van der Waals surface area contributed by atoms with Crippen LogP contribution in [0.2, 0.25) is 0 Å². The van der Waals surface area contributed by atoms with Crippen molar-refractivity contribution in [3.8, 4) is 0 Å². The van der Waals surface area contributed by atoms with Crippen molar-refractivity contribution in [1.82, 2.24) is 4.90 Å². The van der Waals surface area contributed by atoms with Gasteiger partial charge in [0, 0.05) is 18.8 Å². The molecule has 24 heavy (non-hydrogen) atoms. The van der Waals surface area contributed by atoms with E-state index in [1.54, 1.807) is 0 Å². The number of nitrogens with zero attached hydrogens (tertiary/aromatic N) is 1. The molecule has 0 aliphatic carbocycles. The number of piperidine rings is 1. The number of rotatable bonds is 6. The number of hydrogen-bond donors (Lipinski definition) is 2. The van der Waals surface area contributed by atoms with Crippen LogP contribution < -0.4 is 11.1 Å². The number of furan rings is 1. The molecule has 5 nitrogen and oxygen atoms in total. The van der Waals surface area contributed by atoms with E-state index in [2.05, 4.69) is 34.5 Å². The summed E-state index contributed by atoms with van der Waals surface area (Å²) in [5, 5.41) is 3.39. The molecule has 3 N–H and O–H groups in total. The number of benzene rings is 1. The van der Waals surface area contributed by atoms with E-state index >= 15 is 0 Å². The standard InChI is InChI=1S/C19H25N3O2/c1-14-7-8-18(24-14)11-21-17-6-2-4-15(10-17)12-22-9-3-5-16(13-22)19(20)23/h2,4,6-8,10,16,21H,3,5,9,11-13H2,1H3,(H2,20,23). The Balaban J connectivity index is 1.57. The molecule has 1 amide bonds. The molecule has 1 aromatic carbocycles. The third-order valence-corrected chi connectivity index (χ3v) is 4.50. The number of nitrogens with one attached hydrogen (secondary N) is 1. The van der Waals surface area contributed by atoms with Gasteiger partial charge in [-0.15, -0.1) is 0 Å². The average Bonchev–Trinajstić information content (AvgIpc) is 2.99. The summed E-state index contributed by atoms with van der Waals surface area (Å²) in [4.78, 5) is 13.7. The molecule has 2 heterocycles. The molecule has 3 rings (SSSR count). The van der Waals surface area contributed by atoms with E-state index in [4.69, 9.17) is 10.2 Å². The van der Waals surface area contributed by atoms with Crippen LogP contribution >= 0.6 is 0 Å². The highest BCUT2D eigenvalue weighted by atomic mass is 16.3. The SMILES string of the molecule is Cc1ccc(CNc2cccc(CN3CCCC(C(N)=O)C3)c2)o1. The highest BCUT2D eigenvalue weighted by Crippen LogP contribution is 2.20. The Morgan fingerprint density at radius 3 is 3.00 bits per heavy atom. The maximum Gasteiger partial charge on any atom is 0.221 e. The molecule has 128 valence electrons. The van der Waals surface area contributed by atoms with Gasteiger partial charge in [0.2, 0.25) is 5.91 Å². The predicted octanol–water partition coefficient (Wildman–Crippen LogP) is 2.90. The summed E-state index contributed by atoms with van der Waals surface area (Å²) >= 11 is 0. The van der Waals surface area contributed by atoms with Gasteiger partial charge < -0.3 is 15.5 Å². The number of carbonyl (C=O) groups excluding carboxylic acids is 1. The fourth-order valence-electron chi connectivity index (χ4n) is 3.24. The van der Waals surface area contributed by atoms with Crippen molar-refractivity contribution in [2.45, 2.75) is 32.9 Å². The van der Waals surface area contributed by atoms with Crippen LogP contribution in [0, 0.1) is 12.8 Å². The van der Waals surface area contributed by atoms with Gasteiger partial charge in [-0.05, 0) is 56.1 Å². The van der Waals surface area contributed by atoms with Gasteiger partial charge in [-0.3, -0.25) is 9.69 Å². The van der Waals surface area contributed by atoms with E-state index in [1.807, 2.05) is 19.1 Å². The van der Waals surface area contributed by atoms with Gasteiger partial charge >= 0.3 is 0 Å². The number of anilines is 1. The maximum absolute atomic E-state index is 11.4. The molecule has 0 spiro atoms. The Hall–Kier alpha value is -2.27. The van der Waals surface area contributed by atoms with Crippen LogP contribution in [0.3, 0.4) is 0 Å². The van der Waals surface area contributed by atoms with Crippen molar-refractivity contribution in [3.05, 3.63) is 53.5 Å². The highest BCUT2D eigenvalue weighted by molar-refractivity contribution is 5.76. The third kappa shape index (κ3) is 4.38. The Bertz CT molecular complexity index is 695. The van der Waals surface area contributed by atoms with E-state index in [0.717, 1.165) is 49.7 Å². The van der Waals surface area contributed by atoms with E-state index in [0.29, 0.717) is 6.54 Å². The number of nitrogens with two attached hydrogens (primary N) is 1. The number of aryl methyl sites for hydroxylation is 1. The van der Waals surface area contributed by atoms with E-state index in [9.17, 15) is 4.79 Å². The summed E-state index contributed by atoms with van der Waals surface area (Å²) in [6, 6.07) is 12.4. The number of primary amides is 1. The minimum Gasteiger partial charge on any atom is -0.465 e. The van der Waals surface area contributed by atoms with Gasteiger partial charge in [0.15, 0.2) is 0 Å². The van der Waals surface area contributed by atoms with Crippen molar-refractivity contribution in [2.24, 2.45) is 11.7 Å². The topological polar surface area (TPSA) is 71.5 Å². The van der Waals surface area contributed by atoms with Crippen LogP contribution in [-0.2, 0) is 17.9 Å². The van der Waals surface area contributed by atoms with Crippen molar-refractivity contribution in [2.75, 3.05) is 18.4 Å². The summed E-state index contributed by atoms with van der Waals surface area (Å²) in [5.41, 5.74) is 7.77. The first-order chi connectivity index (χ1) is 11.6. The van der Waals surface area contributed by atoms with Gasteiger partial charge in [-0.25, -0.2) is 0 Å². The second-order valence-corrected chi connectivity index (χ2v) is 6.54. The minimum absolute atomic E-state index is 0.0118. The van der Waals surface area contributed by atoms with E-state index < -0.39 is 0 Å². The first-order valence-electron chi connectivity index (χ1n) is 8.50. The molecule has 1 aromatic heterocycles. The highest BCUT2D eigenvalue weighted by Gasteiger charge is 2.23. The Labute approximate surface area is 142 Å². The van der Waals surface area contributed by atoms with Crippen LogP contribution in [0.1, 0.15) is 29.9 Å². The van der Waals surface area contributed by atoms with Crippen LogP contribution in [0.4, 0.5) is 5.69 Å². The predicted molar refractivity (Wildman–Crippen MR) is 94.4 cm³/mol. The van der Waals surface area contributed by atoms with Crippen LogP contribution in [0.25, 0.3) is 0 Å². The monoisotopic (exact) mass is 327 g/mol. The molecule has 1 unspecified atom stereocenters. The molecular formula is C19H25N3O2. The first kappa shape index (κ1) is 16.6. The fraction of sp³-hybridized carbons (Fsp3) is 0.421. The van der Waals surface area contributed by atoms with Crippen LogP contribution in [0.15, 0.2) is 40.8 Å². The largest absolute Gasteiger partial charge is 0.465 e. The fourth-order valence-corrected chi connectivity index (χ4v) is 3.24. The van der Waals surface area contributed by atoms with Gasteiger partial charge in [0.05, 0.1) is 12.5 Å². The van der Waals surface area contributed by atoms with Gasteiger partial charge in [0.25, 0.3) is 0 Å². The van der Waals surface area contributed by atoms with E-state index in [-0.39, 0.29) is 11.8 Å². The lowest BCUT2D eigenvalue weighted by atomic mass is 9.97. The quantitative estimate of drug-likeness (QED) is 0.856. The Kier molecular flexibility index (Phi) is 5.20. The van der Waals surface area contributed by atoms with Crippen LogP contribution in [-0.4, -0.2) is 23.9 Å². The molecule has 1 atom stereocenters. The summed E-state index contributed by atoms with van der Waals surface area (Å²) < 4.78 is 5.58. The van der Waals surface area contributed by atoms with Gasteiger partial charge in [0.1, 0.15) is 11.5 Å². The summed E-state index contributed by atoms with van der Waals surface area (Å²) in [5.74, 6) is 1.67. The zero-order valence-corrected chi connectivity index (χ0v) is 14.1. The molecule has 0 radical (unpaired) electrons. The van der Waals surface area contributed by atoms with Crippen LogP contribution in [0.5, 0.6) is 0 Å². The lowest BCUT2D eigenvalue weighted by molar-refractivity contribution is -0.123. The first-order valence-corrected chi connectivity index (χ1v) is 8.50. The molecule has 1 fully saturated rings. The zero-order chi connectivity index (χ0) is 16.9. The summed E-state index contributed by atoms with van der Waals surface area (Å²) in [6.07, 6.45) is 1.94. The molecule has 1 saturated heterocycles. The summed E-state index contributed by atoms with van der Waals surface area (Å²) in [7, 11) is 0. The average molecular weight is 327 g/mol. The smallest absolute Gasteiger partial charge is 0.221 e. The lowest BCUT2D eigenvalue weighted by Crippen LogP contribution is -2.40. The van der Waals surface area contributed by atoms with Crippen molar-refractivity contribution < 1.29 is 9.21 Å². The lowest BCUT2D eigenvalue weighted by Gasteiger charge is -2.31. The molecule has 0 saturated carbocycles. The molecule has 2 aromatic rings. The van der Waals surface area contributed by atoms with Gasteiger partial charge in [-0.2, -0.15) is 0 Å². The molecule has 5 heteroatoms. The zero-order valence-electron chi connectivity index (χ0n) is 14.1. The normalized spacial score (nSPS) is 18.5. The molecule has 0 bridgehead atoms. The second-order valence-electron chi connectivity index (χ2n) is 6.54. The molecular weight excluding hydrogens is 302 g/mol. The number of carbonyl (C=O) groups is 1. The van der Waals surface area contributed by atoms with Crippen molar-refractivity contribution >= 4 is 11.6 Å². The van der Waals surface area contributed by atoms with Gasteiger partial charge in [-0.1, -0.05) is 12.1 Å². The Morgan fingerprint density at radius 1 is 1.38 bits per heavy atom. The number of amides is 1. The second kappa shape index (κ2) is 7.53. The number of likely N-dealkylation sites (tertiary alicyclic amines) is 1. The van der Waals surface area contributed by atoms with Crippen molar-refractivity contribution in [3.63, 3.8) is 0 Å². The Morgan fingerprint density at radius 2 is 2.25 bits per heavy atom. The van der Waals surface area contributed by atoms with E-state index in [1.165, 1.54) is 5.56 Å². The maximum atomic E-state index is 11.4. The third-order valence-electron chi connectivity index (χ3n) is 4.50. The number of hydrogen-bond acceptors (Lipinski definition) is 4.